The Morgan fingerprint density at radius 1 is 1.03 bits per heavy atom. The second-order valence-corrected chi connectivity index (χ2v) is 8.59. The minimum Gasteiger partial charge on any atom is -0.264 e. The number of oxime groups is 1. The maximum Gasteiger partial charge on any atom is 0.417 e. The SMILES string of the molecule is O=S(=O)(O/N=C(/c1cccnc1)c1ncc(C(F)(F)F)cc1Cl)c1ccc(Cl)cc1Cl. The Morgan fingerprint density at radius 3 is 2.35 bits per heavy atom. The van der Waals surface area contributed by atoms with E-state index >= 15 is 0 Å². The van der Waals surface area contributed by atoms with E-state index in [0.29, 0.717) is 12.3 Å². The monoisotopic (exact) mass is 509 g/mol. The van der Waals surface area contributed by atoms with E-state index in [1.54, 1.807) is 0 Å². The van der Waals surface area contributed by atoms with Gasteiger partial charge in [0, 0.05) is 29.2 Å². The molecule has 0 unspecified atom stereocenters. The summed E-state index contributed by atoms with van der Waals surface area (Å²) in [5.74, 6) is 0. The van der Waals surface area contributed by atoms with Crippen molar-refractivity contribution < 1.29 is 25.9 Å². The number of hydrogen-bond donors (Lipinski definition) is 0. The Hall–Kier alpha value is -2.40. The van der Waals surface area contributed by atoms with Crippen LogP contribution in [0, 0.1) is 0 Å². The molecule has 0 aliphatic heterocycles. The van der Waals surface area contributed by atoms with Gasteiger partial charge in [0.1, 0.15) is 16.3 Å². The van der Waals surface area contributed by atoms with Crippen LogP contribution >= 0.6 is 34.8 Å². The lowest BCUT2D eigenvalue weighted by molar-refractivity contribution is -0.137. The second kappa shape index (κ2) is 8.99. The molecule has 6 nitrogen and oxygen atoms in total. The molecule has 0 saturated heterocycles. The molecule has 0 amide bonds. The smallest absolute Gasteiger partial charge is 0.264 e. The fourth-order valence-corrected chi connectivity index (χ4v) is 4.04. The molecule has 0 spiro atoms. The van der Waals surface area contributed by atoms with Gasteiger partial charge in [0.15, 0.2) is 0 Å². The molecule has 0 saturated carbocycles. The van der Waals surface area contributed by atoms with Gasteiger partial charge < -0.3 is 0 Å². The fourth-order valence-electron chi connectivity index (χ4n) is 2.31. The predicted molar refractivity (Wildman–Crippen MR) is 109 cm³/mol. The van der Waals surface area contributed by atoms with E-state index in [2.05, 4.69) is 15.1 Å². The maximum absolute atomic E-state index is 12.9. The summed E-state index contributed by atoms with van der Waals surface area (Å²) in [7, 11) is -4.51. The minimum absolute atomic E-state index is 0.189. The molecule has 2 aromatic heterocycles. The average molecular weight is 511 g/mol. The van der Waals surface area contributed by atoms with Crippen LogP contribution in [0.15, 0.2) is 65.0 Å². The van der Waals surface area contributed by atoms with Gasteiger partial charge in [0.05, 0.1) is 15.6 Å². The summed E-state index contributed by atoms with van der Waals surface area (Å²) in [4.78, 5) is 7.15. The van der Waals surface area contributed by atoms with E-state index in [1.165, 1.54) is 36.7 Å². The molecular formula is C18H9Cl3F3N3O3S. The van der Waals surface area contributed by atoms with Gasteiger partial charge in [-0.25, -0.2) is 0 Å². The van der Waals surface area contributed by atoms with Crippen molar-refractivity contribution >= 4 is 50.6 Å². The van der Waals surface area contributed by atoms with Crippen molar-refractivity contribution in [2.75, 3.05) is 0 Å². The molecule has 2 heterocycles. The van der Waals surface area contributed by atoms with E-state index in [0.717, 1.165) is 6.07 Å². The number of aromatic nitrogens is 2. The lowest BCUT2D eigenvalue weighted by atomic mass is 10.1. The molecule has 0 radical (unpaired) electrons. The Morgan fingerprint density at radius 2 is 1.77 bits per heavy atom. The van der Waals surface area contributed by atoms with Crippen LogP contribution in [-0.2, 0) is 20.6 Å². The molecular weight excluding hydrogens is 502 g/mol. The molecule has 0 aliphatic carbocycles. The third kappa shape index (κ3) is 5.45. The number of hydrogen-bond acceptors (Lipinski definition) is 6. The lowest BCUT2D eigenvalue weighted by Crippen LogP contribution is -2.13. The first-order chi connectivity index (χ1) is 14.5. The number of rotatable bonds is 5. The molecule has 13 heteroatoms. The highest BCUT2D eigenvalue weighted by Crippen LogP contribution is 2.32. The van der Waals surface area contributed by atoms with Gasteiger partial charge in [0.25, 0.3) is 0 Å². The summed E-state index contributed by atoms with van der Waals surface area (Å²) in [6.45, 7) is 0. The standard InChI is InChI=1S/C18H9Cl3F3N3O3S/c19-12-3-4-15(13(20)7-12)31(28,29)30-27-16(10-2-1-5-25-8-10)17-14(21)6-11(9-26-17)18(22,23)24/h1-9H/b27-16-. The number of alkyl halides is 3. The first-order valence-corrected chi connectivity index (χ1v) is 10.6. The van der Waals surface area contributed by atoms with Crippen molar-refractivity contribution in [3.05, 3.63) is 86.9 Å². The van der Waals surface area contributed by atoms with Crippen LogP contribution in [-0.4, -0.2) is 24.1 Å². The van der Waals surface area contributed by atoms with Crippen molar-refractivity contribution in [3.63, 3.8) is 0 Å². The quantitative estimate of drug-likeness (QED) is 0.329. The van der Waals surface area contributed by atoms with Crippen LogP contribution in [0.1, 0.15) is 16.8 Å². The zero-order chi connectivity index (χ0) is 22.8. The lowest BCUT2D eigenvalue weighted by Gasteiger charge is -2.11. The van der Waals surface area contributed by atoms with Crippen LogP contribution < -0.4 is 0 Å². The third-order valence-electron chi connectivity index (χ3n) is 3.72. The Labute approximate surface area is 189 Å². The van der Waals surface area contributed by atoms with E-state index in [-0.39, 0.29) is 27.0 Å². The molecule has 0 aliphatic rings. The molecule has 162 valence electrons. The van der Waals surface area contributed by atoms with E-state index in [9.17, 15) is 21.6 Å². The van der Waals surface area contributed by atoms with Crippen molar-refractivity contribution in [1.82, 2.24) is 9.97 Å². The molecule has 1 aromatic carbocycles. The van der Waals surface area contributed by atoms with Gasteiger partial charge in [-0.05, 0) is 36.4 Å². The average Bonchev–Trinajstić information content (AvgIpc) is 2.69. The van der Waals surface area contributed by atoms with Crippen LogP contribution in [0.5, 0.6) is 0 Å². The van der Waals surface area contributed by atoms with Crippen LogP contribution in [0.2, 0.25) is 15.1 Å². The molecule has 3 rings (SSSR count). The maximum atomic E-state index is 12.9. The minimum atomic E-state index is -4.67. The van der Waals surface area contributed by atoms with Gasteiger partial charge in [-0.15, -0.1) is 0 Å². The van der Waals surface area contributed by atoms with Crippen molar-refractivity contribution in [3.8, 4) is 0 Å². The van der Waals surface area contributed by atoms with Crippen molar-refractivity contribution in [1.29, 1.82) is 0 Å². The normalized spacial score (nSPS) is 12.6. The van der Waals surface area contributed by atoms with Crippen LogP contribution in [0.25, 0.3) is 0 Å². The van der Waals surface area contributed by atoms with E-state index in [4.69, 9.17) is 39.1 Å². The van der Waals surface area contributed by atoms with Crippen LogP contribution in [0.3, 0.4) is 0 Å². The number of nitrogens with zero attached hydrogens (tertiary/aromatic N) is 3. The Kier molecular flexibility index (Phi) is 6.75. The predicted octanol–water partition coefficient (Wildman–Crippen LogP) is 5.61. The topological polar surface area (TPSA) is 81.5 Å². The van der Waals surface area contributed by atoms with Gasteiger partial charge in [0.2, 0.25) is 0 Å². The first kappa shape index (κ1) is 23.3. The summed E-state index contributed by atoms with van der Waals surface area (Å²) in [5, 5.41) is 3.16. The Bertz CT molecular complexity index is 1250. The molecule has 31 heavy (non-hydrogen) atoms. The van der Waals surface area contributed by atoms with Gasteiger partial charge in [-0.3, -0.25) is 14.3 Å². The fraction of sp³-hybridized carbons (Fsp3) is 0.0556. The highest BCUT2D eigenvalue weighted by Gasteiger charge is 2.32. The summed E-state index contributed by atoms with van der Waals surface area (Å²) in [6, 6.07) is 7.19. The summed E-state index contributed by atoms with van der Waals surface area (Å²) < 4.78 is 68.5. The molecule has 0 fully saturated rings. The summed E-state index contributed by atoms with van der Waals surface area (Å²) in [5.41, 5.74) is -1.41. The van der Waals surface area contributed by atoms with Gasteiger partial charge in [-0.2, -0.15) is 21.6 Å². The zero-order valence-electron chi connectivity index (χ0n) is 14.9. The van der Waals surface area contributed by atoms with Crippen molar-refractivity contribution in [2.45, 2.75) is 11.1 Å². The summed E-state index contributed by atoms with van der Waals surface area (Å²) >= 11 is 17.7. The van der Waals surface area contributed by atoms with E-state index < -0.39 is 31.8 Å². The number of benzene rings is 1. The largest absolute Gasteiger partial charge is 0.417 e. The van der Waals surface area contributed by atoms with E-state index in [1.807, 2.05) is 0 Å². The number of halogens is 6. The zero-order valence-corrected chi connectivity index (χ0v) is 18.0. The second-order valence-electron chi connectivity index (χ2n) is 5.84. The van der Waals surface area contributed by atoms with Crippen LogP contribution in [0.4, 0.5) is 13.2 Å². The third-order valence-corrected chi connectivity index (χ3v) is 5.83. The van der Waals surface area contributed by atoms with Gasteiger partial charge >= 0.3 is 16.3 Å². The highest BCUT2D eigenvalue weighted by atomic mass is 35.5. The molecule has 3 aromatic rings. The number of pyridine rings is 2. The summed E-state index contributed by atoms with van der Waals surface area (Å²) in [6.07, 6.45) is -1.43. The van der Waals surface area contributed by atoms with Gasteiger partial charge in [-0.1, -0.05) is 40.0 Å². The van der Waals surface area contributed by atoms with Crippen molar-refractivity contribution in [2.24, 2.45) is 5.16 Å². The molecule has 0 atom stereocenters. The molecule has 0 bridgehead atoms. The highest BCUT2D eigenvalue weighted by molar-refractivity contribution is 7.86. The first-order valence-electron chi connectivity index (χ1n) is 8.09. The Balaban J connectivity index is 2.08. The molecule has 0 N–H and O–H groups in total.